The topological polar surface area (TPSA) is 84.7 Å². The first-order valence-electron chi connectivity index (χ1n) is 6.35. The molecule has 0 spiro atoms. The third kappa shape index (κ3) is 2.72. The molecule has 1 fully saturated rings. The molecule has 7 heteroatoms. The number of carbonyl (C=O) groups excluding carboxylic acids is 1. The van der Waals surface area contributed by atoms with Crippen molar-refractivity contribution < 1.29 is 14.5 Å². The lowest BCUT2D eigenvalue weighted by Gasteiger charge is -2.16. The van der Waals surface area contributed by atoms with Crippen molar-refractivity contribution in [1.82, 2.24) is 4.90 Å². The minimum absolute atomic E-state index is 0.00508. The summed E-state index contributed by atoms with van der Waals surface area (Å²) in [5, 5.41) is 13.9. The summed E-state index contributed by atoms with van der Waals surface area (Å²) in [4.78, 5) is 24.6. The Morgan fingerprint density at radius 3 is 2.85 bits per heavy atom. The lowest BCUT2D eigenvalue weighted by molar-refractivity contribution is -0.385. The largest absolute Gasteiger partial charge is 0.388 e. The van der Waals surface area contributed by atoms with E-state index in [9.17, 15) is 14.9 Å². The Morgan fingerprint density at radius 2 is 2.30 bits per heavy atom. The Morgan fingerprint density at radius 1 is 1.55 bits per heavy atom. The van der Waals surface area contributed by atoms with Crippen molar-refractivity contribution in [3.8, 4) is 0 Å². The number of anilines is 1. The molecule has 1 aliphatic heterocycles. The number of hydrogen-bond donors (Lipinski definition) is 1. The van der Waals surface area contributed by atoms with Crippen LogP contribution >= 0.6 is 0 Å². The lowest BCUT2D eigenvalue weighted by Crippen LogP contribution is -2.30. The highest BCUT2D eigenvalue weighted by molar-refractivity contribution is 5.99. The minimum Gasteiger partial charge on any atom is -0.388 e. The van der Waals surface area contributed by atoms with E-state index in [0.717, 1.165) is 6.42 Å². The predicted octanol–water partition coefficient (Wildman–Crippen LogP) is 1.50. The van der Waals surface area contributed by atoms with E-state index in [1.807, 2.05) is 0 Å². The molecule has 0 saturated carbocycles. The summed E-state index contributed by atoms with van der Waals surface area (Å²) in [7, 11) is 3.30. The molecule has 0 bridgehead atoms. The van der Waals surface area contributed by atoms with E-state index >= 15 is 0 Å². The number of nitrogens with zero attached hydrogens (tertiary/aromatic N) is 2. The Kier molecular flexibility index (Phi) is 4.19. The van der Waals surface area contributed by atoms with E-state index in [2.05, 4.69) is 5.32 Å². The second-order valence-electron chi connectivity index (χ2n) is 4.64. The molecule has 1 aromatic rings. The summed E-state index contributed by atoms with van der Waals surface area (Å²) < 4.78 is 5.21. The minimum atomic E-state index is -0.531. The molecular formula is C13H17N3O4. The van der Waals surface area contributed by atoms with Gasteiger partial charge in [-0.2, -0.15) is 0 Å². The van der Waals surface area contributed by atoms with Gasteiger partial charge < -0.3 is 15.0 Å². The van der Waals surface area contributed by atoms with Crippen molar-refractivity contribution in [3.63, 3.8) is 0 Å². The smallest absolute Gasteiger partial charge is 0.282 e. The number of benzene rings is 1. The summed E-state index contributed by atoms with van der Waals surface area (Å²) in [6, 6.07) is 4.44. The second-order valence-corrected chi connectivity index (χ2v) is 4.64. The molecule has 1 amide bonds. The zero-order valence-electron chi connectivity index (χ0n) is 11.5. The molecule has 0 radical (unpaired) electrons. The van der Waals surface area contributed by atoms with Gasteiger partial charge in [0.1, 0.15) is 5.56 Å². The highest BCUT2D eigenvalue weighted by Gasteiger charge is 2.30. The highest BCUT2D eigenvalue weighted by atomic mass is 16.6. The van der Waals surface area contributed by atoms with Crippen LogP contribution in [0, 0.1) is 10.1 Å². The summed E-state index contributed by atoms with van der Waals surface area (Å²) in [5.74, 6) is -0.326. The standard InChI is InChI=1S/C13H17N3O4/c1-14-9-3-4-12(16(18)19)11(7-9)13(17)15-6-5-10(8-15)20-2/h3-4,7,10,14H,5-6,8H2,1-2H3. The Balaban J connectivity index is 2.30. The zero-order chi connectivity index (χ0) is 14.7. The lowest BCUT2D eigenvalue weighted by atomic mass is 10.1. The average molecular weight is 279 g/mol. The molecule has 1 saturated heterocycles. The van der Waals surface area contributed by atoms with Crippen LogP contribution in [-0.4, -0.2) is 49.1 Å². The number of nitrogens with one attached hydrogen (secondary N) is 1. The van der Waals surface area contributed by atoms with Crippen LogP contribution in [0.25, 0.3) is 0 Å². The van der Waals surface area contributed by atoms with Gasteiger partial charge in [-0.3, -0.25) is 14.9 Å². The number of amides is 1. The first kappa shape index (κ1) is 14.3. The van der Waals surface area contributed by atoms with E-state index in [1.165, 1.54) is 12.1 Å². The number of rotatable bonds is 4. The average Bonchev–Trinajstić information content (AvgIpc) is 2.94. The van der Waals surface area contributed by atoms with Crippen molar-refractivity contribution in [1.29, 1.82) is 0 Å². The van der Waals surface area contributed by atoms with Crippen LogP contribution in [0.1, 0.15) is 16.8 Å². The van der Waals surface area contributed by atoms with Gasteiger partial charge in [0.2, 0.25) is 0 Å². The summed E-state index contributed by atoms with van der Waals surface area (Å²) in [6.45, 7) is 1.02. The van der Waals surface area contributed by atoms with Crippen molar-refractivity contribution in [2.75, 3.05) is 32.6 Å². The molecule has 1 unspecified atom stereocenters. The van der Waals surface area contributed by atoms with Gasteiger partial charge in [0, 0.05) is 39.0 Å². The number of likely N-dealkylation sites (tertiary alicyclic amines) is 1. The summed E-state index contributed by atoms with van der Waals surface area (Å²) in [6.07, 6.45) is 0.757. The molecule has 1 aliphatic rings. The Hall–Kier alpha value is -2.15. The van der Waals surface area contributed by atoms with E-state index < -0.39 is 4.92 Å². The predicted molar refractivity (Wildman–Crippen MR) is 74.0 cm³/mol. The summed E-state index contributed by atoms with van der Waals surface area (Å²) >= 11 is 0. The normalized spacial score (nSPS) is 18.1. The summed E-state index contributed by atoms with van der Waals surface area (Å²) in [5.41, 5.74) is 0.606. The quantitative estimate of drug-likeness (QED) is 0.667. The van der Waals surface area contributed by atoms with Crippen molar-refractivity contribution in [2.24, 2.45) is 0 Å². The van der Waals surface area contributed by atoms with E-state index in [-0.39, 0.29) is 23.3 Å². The maximum absolute atomic E-state index is 12.4. The van der Waals surface area contributed by atoms with Crippen LogP contribution < -0.4 is 5.32 Å². The molecule has 1 heterocycles. The Bertz CT molecular complexity index is 532. The maximum Gasteiger partial charge on any atom is 0.282 e. The second kappa shape index (κ2) is 5.87. The SMILES string of the molecule is CNc1ccc([N+](=O)[O-])c(C(=O)N2CCC(OC)C2)c1. The number of methoxy groups -OCH3 is 1. The third-order valence-electron chi connectivity index (χ3n) is 3.48. The van der Waals surface area contributed by atoms with Crippen molar-refractivity contribution in [2.45, 2.75) is 12.5 Å². The molecule has 2 rings (SSSR count). The molecule has 1 N–H and O–H groups in total. The molecule has 0 aliphatic carbocycles. The first-order chi connectivity index (χ1) is 9.56. The zero-order valence-corrected chi connectivity index (χ0v) is 11.5. The van der Waals surface area contributed by atoms with Gasteiger partial charge in [-0.1, -0.05) is 0 Å². The van der Waals surface area contributed by atoms with Crippen LogP contribution in [0.2, 0.25) is 0 Å². The van der Waals surface area contributed by atoms with Crippen molar-refractivity contribution in [3.05, 3.63) is 33.9 Å². The molecule has 108 valence electrons. The van der Waals surface area contributed by atoms with Crippen LogP contribution in [0.15, 0.2) is 18.2 Å². The Labute approximate surface area is 116 Å². The number of carbonyl (C=O) groups is 1. The van der Waals surface area contributed by atoms with Gasteiger partial charge in [-0.15, -0.1) is 0 Å². The van der Waals surface area contributed by atoms with E-state index in [4.69, 9.17) is 4.74 Å². The number of ether oxygens (including phenoxy) is 1. The van der Waals surface area contributed by atoms with E-state index in [0.29, 0.717) is 18.8 Å². The molecule has 7 nitrogen and oxygen atoms in total. The fourth-order valence-electron chi connectivity index (χ4n) is 2.30. The van der Waals surface area contributed by atoms with Gasteiger partial charge in [-0.05, 0) is 18.6 Å². The molecular weight excluding hydrogens is 262 g/mol. The van der Waals surface area contributed by atoms with Gasteiger partial charge in [0.25, 0.3) is 11.6 Å². The fraction of sp³-hybridized carbons (Fsp3) is 0.462. The number of nitro groups is 1. The molecule has 0 aromatic heterocycles. The van der Waals surface area contributed by atoms with Gasteiger partial charge >= 0.3 is 0 Å². The number of nitro benzene ring substituents is 1. The molecule has 1 aromatic carbocycles. The molecule has 1 atom stereocenters. The van der Waals surface area contributed by atoms with Gasteiger partial charge in [0.05, 0.1) is 11.0 Å². The van der Waals surface area contributed by atoms with E-state index in [1.54, 1.807) is 25.1 Å². The number of hydrogen-bond acceptors (Lipinski definition) is 5. The van der Waals surface area contributed by atoms with Gasteiger partial charge in [0.15, 0.2) is 0 Å². The molecule has 20 heavy (non-hydrogen) atoms. The monoisotopic (exact) mass is 279 g/mol. The van der Waals surface area contributed by atoms with Crippen LogP contribution in [-0.2, 0) is 4.74 Å². The maximum atomic E-state index is 12.4. The third-order valence-corrected chi connectivity index (χ3v) is 3.48. The van der Waals surface area contributed by atoms with Crippen LogP contribution in [0.4, 0.5) is 11.4 Å². The highest BCUT2D eigenvalue weighted by Crippen LogP contribution is 2.25. The fourth-order valence-corrected chi connectivity index (χ4v) is 2.30. The first-order valence-corrected chi connectivity index (χ1v) is 6.35. The van der Waals surface area contributed by atoms with Crippen LogP contribution in [0.5, 0.6) is 0 Å². The van der Waals surface area contributed by atoms with Crippen molar-refractivity contribution >= 4 is 17.3 Å². The van der Waals surface area contributed by atoms with Gasteiger partial charge in [-0.25, -0.2) is 0 Å². The van der Waals surface area contributed by atoms with Crippen LogP contribution in [0.3, 0.4) is 0 Å².